The minimum Gasteiger partial charge on any atom is -0.462 e. The highest BCUT2D eigenvalue weighted by atomic mass is 16.6. The molecular formula is C50H92O6. The summed E-state index contributed by atoms with van der Waals surface area (Å²) >= 11 is 0. The first-order valence-corrected chi connectivity index (χ1v) is 24.3. The lowest BCUT2D eigenvalue weighted by molar-refractivity contribution is -0.167. The van der Waals surface area contributed by atoms with Crippen LogP contribution in [0.2, 0.25) is 0 Å². The molecule has 328 valence electrons. The van der Waals surface area contributed by atoms with E-state index in [9.17, 15) is 14.4 Å². The number of ether oxygens (including phenoxy) is 3. The van der Waals surface area contributed by atoms with Crippen molar-refractivity contribution in [2.75, 3.05) is 13.2 Å². The summed E-state index contributed by atoms with van der Waals surface area (Å²) in [5.74, 6) is -0.882. The minimum absolute atomic E-state index is 0.0729. The average Bonchev–Trinajstić information content (AvgIpc) is 3.19. The molecule has 0 amide bonds. The zero-order valence-corrected chi connectivity index (χ0v) is 37.4. The Morgan fingerprint density at radius 2 is 0.661 bits per heavy atom. The molecule has 0 spiro atoms. The smallest absolute Gasteiger partial charge is 0.306 e. The number of rotatable bonds is 44. The quantitative estimate of drug-likeness (QED) is 0.0265. The van der Waals surface area contributed by atoms with Crippen LogP contribution in [0, 0.1) is 0 Å². The van der Waals surface area contributed by atoms with Crippen LogP contribution in [0.4, 0.5) is 0 Å². The summed E-state index contributed by atoms with van der Waals surface area (Å²) in [5.41, 5.74) is 0. The maximum Gasteiger partial charge on any atom is 0.306 e. The third-order valence-electron chi connectivity index (χ3n) is 10.7. The number of carbonyl (C=O) groups excluding carboxylic acids is 3. The number of hydrogen-bond donors (Lipinski definition) is 0. The second-order valence-electron chi connectivity index (χ2n) is 16.4. The molecular weight excluding hydrogens is 697 g/mol. The Balaban J connectivity index is 4.29. The predicted octanol–water partition coefficient (Wildman–Crippen LogP) is 15.6. The number of esters is 3. The predicted molar refractivity (Wildman–Crippen MR) is 238 cm³/mol. The summed E-state index contributed by atoms with van der Waals surface area (Å²) in [6.45, 7) is 6.57. The molecule has 0 bridgehead atoms. The molecule has 0 aromatic carbocycles. The van der Waals surface area contributed by atoms with Crippen molar-refractivity contribution in [3.05, 3.63) is 24.3 Å². The van der Waals surface area contributed by atoms with Crippen LogP contribution in [0.25, 0.3) is 0 Å². The highest BCUT2D eigenvalue weighted by molar-refractivity contribution is 5.71. The fourth-order valence-corrected chi connectivity index (χ4v) is 6.99. The molecule has 0 aliphatic heterocycles. The summed E-state index contributed by atoms with van der Waals surface area (Å²) in [6, 6.07) is 0. The van der Waals surface area contributed by atoms with E-state index >= 15 is 0 Å². The van der Waals surface area contributed by atoms with Crippen molar-refractivity contribution in [1.29, 1.82) is 0 Å². The van der Waals surface area contributed by atoms with Gasteiger partial charge in [0.05, 0.1) is 0 Å². The first kappa shape index (κ1) is 53.9. The summed E-state index contributed by atoms with van der Waals surface area (Å²) in [5, 5.41) is 0. The van der Waals surface area contributed by atoms with E-state index in [1.54, 1.807) is 0 Å². The standard InChI is InChI=1S/C50H92O6/c1-4-7-10-13-16-19-21-23-25-26-28-29-31-34-37-40-43-49(52)55-46-47(45-54-48(51)42-39-36-33-18-15-12-9-6-3)56-50(53)44-41-38-35-32-30-27-24-22-20-17-14-11-8-5-2/h14,17,22,24,47H,4-13,15-16,18-21,23,25-46H2,1-3H3/b17-14-,24-22-. The Morgan fingerprint density at radius 3 is 1.04 bits per heavy atom. The number of hydrogen-bond acceptors (Lipinski definition) is 6. The molecule has 6 heteroatoms. The first-order chi connectivity index (χ1) is 27.5. The SMILES string of the molecule is CCCC/C=C\C/C=C\CCCCCCCC(=O)OC(COC(=O)CCCCCCCCCC)COC(=O)CCCCCCCCCCCCCCCCCC. The molecule has 0 heterocycles. The van der Waals surface area contributed by atoms with Crippen molar-refractivity contribution < 1.29 is 28.6 Å². The molecule has 0 rings (SSSR count). The molecule has 0 fully saturated rings. The van der Waals surface area contributed by atoms with Gasteiger partial charge >= 0.3 is 17.9 Å². The van der Waals surface area contributed by atoms with Crippen molar-refractivity contribution >= 4 is 17.9 Å². The van der Waals surface area contributed by atoms with E-state index in [4.69, 9.17) is 14.2 Å². The lowest BCUT2D eigenvalue weighted by Crippen LogP contribution is -2.30. The summed E-state index contributed by atoms with van der Waals surface area (Å²) in [4.78, 5) is 37.7. The van der Waals surface area contributed by atoms with E-state index in [2.05, 4.69) is 45.1 Å². The van der Waals surface area contributed by atoms with Gasteiger partial charge in [0.1, 0.15) is 13.2 Å². The molecule has 6 nitrogen and oxygen atoms in total. The maximum absolute atomic E-state index is 12.7. The molecule has 0 aliphatic rings. The minimum atomic E-state index is -0.770. The van der Waals surface area contributed by atoms with Crippen LogP contribution in [0.1, 0.15) is 258 Å². The van der Waals surface area contributed by atoms with Crippen molar-refractivity contribution in [2.24, 2.45) is 0 Å². The van der Waals surface area contributed by atoms with Crippen LogP contribution in [0.3, 0.4) is 0 Å². The fraction of sp³-hybridized carbons (Fsp3) is 0.860. The van der Waals surface area contributed by atoms with Crippen LogP contribution < -0.4 is 0 Å². The van der Waals surface area contributed by atoms with Crippen LogP contribution in [-0.2, 0) is 28.6 Å². The molecule has 1 unspecified atom stereocenters. The largest absolute Gasteiger partial charge is 0.462 e. The van der Waals surface area contributed by atoms with Crippen molar-refractivity contribution in [2.45, 2.75) is 264 Å². The third kappa shape index (κ3) is 43.0. The summed E-state index contributed by atoms with van der Waals surface area (Å²) < 4.78 is 16.7. The van der Waals surface area contributed by atoms with Gasteiger partial charge in [-0.3, -0.25) is 14.4 Å². The Bertz CT molecular complexity index is 911. The van der Waals surface area contributed by atoms with Gasteiger partial charge < -0.3 is 14.2 Å². The van der Waals surface area contributed by atoms with Crippen LogP contribution in [-0.4, -0.2) is 37.2 Å². The second kappa shape index (κ2) is 45.6. The van der Waals surface area contributed by atoms with E-state index in [1.165, 1.54) is 135 Å². The molecule has 1 atom stereocenters. The molecule has 0 radical (unpaired) electrons. The Kier molecular flexibility index (Phi) is 43.9. The second-order valence-corrected chi connectivity index (χ2v) is 16.4. The zero-order valence-electron chi connectivity index (χ0n) is 37.4. The maximum atomic E-state index is 12.7. The fourth-order valence-electron chi connectivity index (χ4n) is 6.99. The van der Waals surface area contributed by atoms with Crippen LogP contribution >= 0.6 is 0 Å². The molecule has 0 saturated carbocycles. The third-order valence-corrected chi connectivity index (χ3v) is 10.7. The van der Waals surface area contributed by atoms with Gasteiger partial charge in [-0.25, -0.2) is 0 Å². The number of allylic oxidation sites excluding steroid dienone is 4. The highest BCUT2D eigenvalue weighted by Crippen LogP contribution is 2.15. The van der Waals surface area contributed by atoms with Gasteiger partial charge in [0.2, 0.25) is 0 Å². The van der Waals surface area contributed by atoms with Gasteiger partial charge in [0.25, 0.3) is 0 Å². The molecule has 0 saturated heterocycles. The normalized spacial score (nSPS) is 12.1. The summed E-state index contributed by atoms with van der Waals surface area (Å²) in [7, 11) is 0. The van der Waals surface area contributed by atoms with Crippen LogP contribution in [0.15, 0.2) is 24.3 Å². The van der Waals surface area contributed by atoms with Crippen LogP contribution in [0.5, 0.6) is 0 Å². The lowest BCUT2D eigenvalue weighted by Gasteiger charge is -2.18. The lowest BCUT2D eigenvalue weighted by atomic mass is 10.0. The molecule has 0 aliphatic carbocycles. The van der Waals surface area contributed by atoms with Gasteiger partial charge in [-0.1, -0.05) is 218 Å². The van der Waals surface area contributed by atoms with Gasteiger partial charge in [-0.15, -0.1) is 0 Å². The molecule has 0 aromatic rings. The van der Waals surface area contributed by atoms with Gasteiger partial charge in [-0.05, 0) is 44.9 Å². The number of unbranched alkanes of at least 4 members (excludes halogenated alkanes) is 29. The first-order valence-electron chi connectivity index (χ1n) is 24.3. The number of carbonyl (C=O) groups is 3. The van der Waals surface area contributed by atoms with E-state index in [-0.39, 0.29) is 31.1 Å². The van der Waals surface area contributed by atoms with E-state index in [1.807, 2.05) is 0 Å². The Morgan fingerprint density at radius 1 is 0.357 bits per heavy atom. The Labute approximate surface area is 347 Å². The molecule has 56 heavy (non-hydrogen) atoms. The van der Waals surface area contributed by atoms with Crippen molar-refractivity contribution in [3.8, 4) is 0 Å². The van der Waals surface area contributed by atoms with Gasteiger partial charge in [0.15, 0.2) is 6.10 Å². The molecule has 0 aromatic heterocycles. The van der Waals surface area contributed by atoms with E-state index < -0.39 is 6.10 Å². The monoisotopic (exact) mass is 789 g/mol. The topological polar surface area (TPSA) is 78.9 Å². The van der Waals surface area contributed by atoms with Crippen molar-refractivity contribution in [3.63, 3.8) is 0 Å². The zero-order chi connectivity index (χ0) is 40.8. The van der Waals surface area contributed by atoms with E-state index in [0.29, 0.717) is 19.3 Å². The average molecular weight is 789 g/mol. The van der Waals surface area contributed by atoms with Gasteiger partial charge in [-0.2, -0.15) is 0 Å². The van der Waals surface area contributed by atoms with Crippen molar-refractivity contribution in [1.82, 2.24) is 0 Å². The van der Waals surface area contributed by atoms with E-state index in [0.717, 1.165) is 83.5 Å². The molecule has 0 N–H and O–H groups in total. The Hall–Kier alpha value is -2.11. The van der Waals surface area contributed by atoms with Gasteiger partial charge in [0, 0.05) is 19.3 Å². The summed E-state index contributed by atoms with van der Waals surface area (Å²) in [6.07, 6.45) is 50.2. The highest BCUT2D eigenvalue weighted by Gasteiger charge is 2.19.